The lowest BCUT2D eigenvalue weighted by atomic mass is 10.1. The van der Waals surface area contributed by atoms with Gasteiger partial charge in [0, 0.05) is 18.1 Å². The zero-order chi connectivity index (χ0) is 27.9. The van der Waals surface area contributed by atoms with Crippen LogP contribution in [0.25, 0.3) is 0 Å². The van der Waals surface area contributed by atoms with Gasteiger partial charge in [-0.25, -0.2) is 8.42 Å². The number of aryl methyl sites for hydroxylation is 1. The first-order valence-corrected chi connectivity index (χ1v) is 14.4. The number of nitrogens with zero attached hydrogens (tertiary/aromatic N) is 2. The third-order valence-electron chi connectivity index (χ3n) is 6.33. The summed E-state index contributed by atoms with van der Waals surface area (Å²) >= 11 is 6.36. The maximum Gasteiger partial charge on any atom is 0.264 e. The molecule has 202 valence electrons. The van der Waals surface area contributed by atoms with E-state index in [1.165, 1.54) is 17.0 Å². The van der Waals surface area contributed by atoms with Gasteiger partial charge < -0.3 is 10.2 Å². The van der Waals surface area contributed by atoms with Crippen LogP contribution in [-0.4, -0.2) is 44.3 Å². The topological polar surface area (TPSA) is 86.8 Å². The second kappa shape index (κ2) is 12.9. The molecule has 1 N–H and O–H groups in total. The Kier molecular flexibility index (Phi) is 9.94. The molecule has 0 aliphatic carbocycles. The zero-order valence-electron chi connectivity index (χ0n) is 22.1. The molecule has 0 spiro atoms. The van der Waals surface area contributed by atoms with Crippen LogP contribution in [-0.2, 0) is 26.2 Å². The largest absolute Gasteiger partial charge is 0.355 e. The molecule has 38 heavy (non-hydrogen) atoms. The van der Waals surface area contributed by atoms with Crippen molar-refractivity contribution in [2.24, 2.45) is 0 Å². The van der Waals surface area contributed by atoms with Gasteiger partial charge in [0.15, 0.2) is 0 Å². The highest BCUT2D eigenvalue weighted by molar-refractivity contribution is 7.92. The van der Waals surface area contributed by atoms with Crippen molar-refractivity contribution in [3.05, 3.63) is 94.5 Å². The van der Waals surface area contributed by atoms with E-state index in [1.807, 2.05) is 51.1 Å². The molecule has 0 aromatic heterocycles. The van der Waals surface area contributed by atoms with Crippen molar-refractivity contribution in [1.29, 1.82) is 0 Å². The summed E-state index contributed by atoms with van der Waals surface area (Å²) in [6.45, 7) is 7.29. The fourth-order valence-corrected chi connectivity index (χ4v) is 5.85. The highest BCUT2D eigenvalue weighted by Crippen LogP contribution is 2.31. The number of anilines is 1. The molecule has 1 atom stereocenters. The molecule has 0 saturated carbocycles. The number of rotatable bonds is 11. The molecular formula is C29H34ClN3O4S. The molecule has 7 nitrogen and oxygen atoms in total. The summed E-state index contributed by atoms with van der Waals surface area (Å²) in [5.41, 5.74) is 2.57. The molecule has 0 unspecified atom stereocenters. The lowest BCUT2D eigenvalue weighted by Crippen LogP contribution is -2.52. The molecule has 0 heterocycles. The molecule has 3 rings (SSSR count). The predicted octanol–water partition coefficient (Wildman–Crippen LogP) is 5.10. The number of amides is 2. The van der Waals surface area contributed by atoms with E-state index < -0.39 is 28.5 Å². The summed E-state index contributed by atoms with van der Waals surface area (Å²) < 4.78 is 29.0. The number of carbonyl (C=O) groups is 2. The Bertz CT molecular complexity index is 1360. The molecule has 0 saturated heterocycles. The fraction of sp³-hybridized carbons (Fsp3) is 0.310. The Hall–Kier alpha value is -3.36. The summed E-state index contributed by atoms with van der Waals surface area (Å²) in [6.07, 6.45) is 0.366. The van der Waals surface area contributed by atoms with Crippen LogP contribution in [0.3, 0.4) is 0 Å². The van der Waals surface area contributed by atoms with Crippen LogP contribution >= 0.6 is 11.6 Å². The Balaban J connectivity index is 2.09. The number of sulfonamides is 1. The maximum atomic E-state index is 14.0. The lowest BCUT2D eigenvalue weighted by Gasteiger charge is -2.33. The Morgan fingerprint density at radius 1 is 0.921 bits per heavy atom. The van der Waals surface area contributed by atoms with Crippen molar-refractivity contribution in [2.75, 3.05) is 17.4 Å². The number of hydrogen-bond donors (Lipinski definition) is 1. The SMILES string of the molecule is CCNC(=O)[C@@H](CC)N(Cc1ccccc1)C(=O)CN(c1cccc(Cl)c1C)S(=O)(=O)c1ccc(C)cc1. The average Bonchev–Trinajstić information content (AvgIpc) is 2.90. The number of nitrogens with one attached hydrogen (secondary N) is 1. The van der Waals surface area contributed by atoms with Crippen molar-refractivity contribution in [3.8, 4) is 0 Å². The summed E-state index contributed by atoms with van der Waals surface area (Å²) in [4.78, 5) is 28.4. The maximum absolute atomic E-state index is 14.0. The Labute approximate surface area is 230 Å². The molecule has 0 bridgehead atoms. The van der Waals surface area contributed by atoms with Crippen molar-refractivity contribution in [1.82, 2.24) is 10.2 Å². The standard InChI is InChI=1S/C29H34ClN3O4S/c1-5-26(29(35)31-6-2)32(19-23-11-8-7-9-12-23)28(34)20-33(27-14-10-13-25(30)22(27)4)38(36,37)24-17-15-21(3)16-18-24/h7-18,26H,5-6,19-20H2,1-4H3,(H,31,35)/t26-/m1/s1. The normalized spacial score (nSPS) is 12.0. The van der Waals surface area contributed by atoms with Crippen LogP contribution in [0.5, 0.6) is 0 Å². The molecule has 3 aromatic carbocycles. The van der Waals surface area contributed by atoms with Gasteiger partial charge in [0.25, 0.3) is 10.0 Å². The number of likely N-dealkylation sites (N-methyl/N-ethyl adjacent to an activating group) is 1. The van der Waals surface area contributed by atoms with Gasteiger partial charge in [-0.2, -0.15) is 0 Å². The predicted molar refractivity (Wildman–Crippen MR) is 152 cm³/mol. The zero-order valence-corrected chi connectivity index (χ0v) is 23.7. The molecule has 0 aliphatic rings. The molecule has 9 heteroatoms. The molecule has 0 aliphatic heterocycles. The fourth-order valence-electron chi connectivity index (χ4n) is 4.21. The minimum absolute atomic E-state index is 0.0562. The summed E-state index contributed by atoms with van der Waals surface area (Å²) in [6, 6.07) is 20.0. The van der Waals surface area contributed by atoms with Crippen LogP contribution in [0.15, 0.2) is 77.7 Å². The minimum Gasteiger partial charge on any atom is -0.355 e. The van der Waals surface area contributed by atoms with E-state index >= 15 is 0 Å². The monoisotopic (exact) mass is 555 g/mol. The van der Waals surface area contributed by atoms with Crippen molar-refractivity contribution in [2.45, 2.75) is 51.6 Å². The summed E-state index contributed by atoms with van der Waals surface area (Å²) in [5, 5.41) is 3.18. The lowest BCUT2D eigenvalue weighted by molar-refractivity contribution is -0.140. The van der Waals surface area contributed by atoms with E-state index in [4.69, 9.17) is 11.6 Å². The van der Waals surface area contributed by atoms with E-state index in [9.17, 15) is 18.0 Å². The van der Waals surface area contributed by atoms with E-state index in [-0.39, 0.29) is 17.3 Å². The van der Waals surface area contributed by atoms with E-state index in [0.717, 1.165) is 15.4 Å². The van der Waals surface area contributed by atoms with E-state index in [0.29, 0.717) is 29.2 Å². The molecule has 0 radical (unpaired) electrons. The van der Waals surface area contributed by atoms with Crippen molar-refractivity contribution in [3.63, 3.8) is 0 Å². The molecule has 3 aromatic rings. The van der Waals surface area contributed by atoms with Gasteiger partial charge in [-0.1, -0.05) is 72.6 Å². The van der Waals surface area contributed by atoms with Crippen LogP contribution < -0.4 is 9.62 Å². The molecule has 0 fully saturated rings. The highest BCUT2D eigenvalue weighted by Gasteiger charge is 2.34. The second-order valence-electron chi connectivity index (χ2n) is 9.03. The average molecular weight is 556 g/mol. The van der Waals surface area contributed by atoms with Crippen LogP contribution in [0, 0.1) is 13.8 Å². The first-order chi connectivity index (χ1) is 18.1. The highest BCUT2D eigenvalue weighted by atomic mass is 35.5. The van der Waals surface area contributed by atoms with Gasteiger partial charge in [0.2, 0.25) is 11.8 Å². The molecular weight excluding hydrogens is 522 g/mol. The summed E-state index contributed by atoms with van der Waals surface area (Å²) in [7, 11) is -4.15. The first kappa shape index (κ1) is 29.2. The van der Waals surface area contributed by atoms with Gasteiger partial charge in [-0.15, -0.1) is 0 Å². The quantitative estimate of drug-likeness (QED) is 0.357. The number of hydrogen-bond acceptors (Lipinski definition) is 4. The minimum atomic E-state index is -4.15. The third kappa shape index (κ3) is 6.74. The van der Waals surface area contributed by atoms with Gasteiger partial charge in [0.1, 0.15) is 12.6 Å². The smallest absolute Gasteiger partial charge is 0.264 e. The van der Waals surface area contributed by atoms with E-state index in [2.05, 4.69) is 5.32 Å². The first-order valence-electron chi connectivity index (χ1n) is 12.6. The van der Waals surface area contributed by atoms with Crippen LogP contribution in [0.1, 0.15) is 37.0 Å². The number of halogens is 1. The van der Waals surface area contributed by atoms with Crippen LogP contribution in [0.4, 0.5) is 5.69 Å². The Morgan fingerprint density at radius 3 is 2.18 bits per heavy atom. The van der Waals surface area contributed by atoms with Gasteiger partial charge in [0.05, 0.1) is 10.6 Å². The van der Waals surface area contributed by atoms with Crippen LogP contribution in [0.2, 0.25) is 5.02 Å². The Morgan fingerprint density at radius 2 is 1.58 bits per heavy atom. The van der Waals surface area contributed by atoms with E-state index in [1.54, 1.807) is 37.3 Å². The third-order valence-corrected chi connectivity index (χ3v) is 8.51. The number of benzene rings is 3. The van der Waals surface area contributed by atoms with Gasteiger partial charge in [-0.3, -0.25) is 13.9 Å². The number of carbonyl (C=O) groups excluding carboxylic acids is 2. The summed E-state index contributed by atoms with van der Waals surface area (Å²) in [5.74, 6) is -0.784. The molecule has 2 amide bonds. The van der Waals surface area contributed by atoms with Crippen molar-refractivity contribution < 1.29 is 18.0 Å². The van der Waals surface area contributed by atoms with Gasteiger partial charge >= 0.3 is 0 Å². The van der Waals surface area contributed by atoms with Gasteiger partial charge in [-0.05, 0) is 62.6 Å². The second-order valence-corrected chi connectivity index (χ2v) is 11.3. The van der Waals surface area contributed by atoms with Crippen molar-refractivity contribution >= 4 is 39.1 Å².